The van der Waals surface area contributed by atoms with Crippen LogP contribution in [0.4, 0.5) is 0 Å². The number of nitriles is 1. The van der Waals surface area contributed by atoms with Crippen LogP contribution < -0.4 is 5.56 Å². The minimum atomic E-state index is -0.371. The minimum absolute atomic E-state index is 0.0321. The minimum Gasteiger partial charge on any atom is -0.383 e. The number of methoxy groups -OCH3 is 1. The Labute approximate surface area is 186 Å². The summed E-state index contributed by atoms with van der Waals surface area (Å²) in [6.45, 7) is 3.27. The highest BCUT2D eigenvalue weighted by molar-refractivity contribution is 6.32. The zero-order chi connectivity index (χ0) is 22.4. The Balaban J connectivity index is 1.80. The van der Waals surface area contributed by atoms with Crippen LogP contribution in [0.5, 0.6) is 0 Å². The molecule has 0 saturated carbocycles. The van der Waals surface area contributed by atoms with Gasteiger partial charge in [0, 0.05) is 13.7 Å². The molecule has 0 spiro atoms. The quantitative estimate of drug-likeness (QED) is 0.451. The van der Waals surface area contributed by atoms with Crippen molar-refractivity contribution in [1.82, 2.24) is 24.1 Å². The van der Waals surface area contributed by atoms with Crippen LogP contribution >= 0.6 is 11.6 Å². The standard InChI is InChI=1S/C21H19ClN6O4/c1-11(8-30-2)28-17-13(7-23)14(22)3-4-15(17)27-10-24-16(18(27)21(28)29)19-25-20(32-26-19)12-5-6-31-9-12/h3-4,10-12H,5-6,8-9H2,1-2H3. The van der Waals surface area contributed by atoms with Crippen LogP contribution in [0.15, 0.2) is 27.8 Å². The van der Waals surface area contributed by atoms with Gasteiger partial charge in [0.1, 0.15) is 23.6 Å². The number of rotatable bonds is 5. The van der Waals surface area contributed by atoms with Gasteiger partial charge in [0.25, 0.3) is 5.56 Å². The molecule has 4 heterocycles. The molecule has 1 aliphatic heterocycles. The summed E-state index contributed by atoms with van der Waals surface area (Å²) in [5.74, 6) is 0.724. The average Bonchev–Trinajstić information content (AvgIpc) is 3.53. The SMILES string of the molecule is COCC(C)n1c(=O)c2c(-c3noc(C4CCOC4)n3)ncn2c2ccc(Cl)c(C#N)c21. The van der Waals surface area contributed by atoms with E-state index in [4.69, 9.17) is 25.6 Å². The van der Waals surface area contributed by atoms with Gasteiger partial charge in [0.05, 0.1) is 46.8 Å². The summed E-state index contributed by atoms with van der Waals surface area (Å²) < 4.78 is 19.3. The van der Waals surface area contributed by atoms with Crippen molar-refractivity contribution in [2.75, 3.05) is 26.9 Å². The van der Waals surface area contributed by atoms with Crippen molar-refractivity contribution >= 4 is 28.2 Å². The number of imidazole rings is 1. The van der Waals surface area contributed by atoms with Crippen LogP contribution in [0.2, 0.25) is 5.02 Å². The molecule has 5 rings (SSSR count). The summed E-state index contributed by atoms with van der Waals surface area (Å²) in [7, 11) is 1.55. The number of benzene rings is 1. The number of fused-ring (bicyclic) bond motifs is 3. The van der Waals surface area contributed by atoms with Gasteiger partial charge in [-0.3, -0.25) is 13.8 Å². The van der Waals surface area contributed by atoms with Crippen LogP contribution in [-0.4, -0.2) is 51.0 Å². The van der Waals surface area contributed by atoms with Crippen LogP contribution in [0.3, 0.4) is 0 Å². The number of aromatic nitrogens is 5. The molecule has 0 radical (unpaired) electrons. The Morgan fingerprint density at radius 2 is 2.25 bits per heavy atom. The molecule has 10 nitrogen and oxygen atoms in total. The molecule has 2 unspecified atom stereocenters. The number of hydrogen-bond donors (Lipinski definition) is 0. The van der Waals surface area contributed by atoms with Gasteiger partial charge < -0.3 is 14.0 Å². The maximum atomic E-state index is 13.7. The van der Waals surface area contributed by atoms with Gasteiger partial charge >= 0.3 is 0 Å². The van der Waals surface area contributed by atoms with Crippen LogP contribution in [-0.2, 0) is 9.47 Å². The van der Waals surface area contributed by atoms with Gasteiger partial charge in [-0.15, -0.1) is 0 Å². The third kappa shape index (κ3) is 3.09. The second-order valence-electron chi connectivity index (χ2n) is 7.71. The van der Waals surface area contributed by atoms with Crippen LogP contribution in [0.25, 0.3) is 28.1 Å². The van der Waals surface area contributed by atoms with E-state index >= 15 is 0 Å². The summed E-state index contributed by atoms with van der Waals surface area (Å²) in [4.78, 5) is 22.7. The summed E-state index contributed by atoms with van der Waals surface area (Å²) in [6, 6.07) is 5.14. The molecule has 0 aliphatic carbocycles. The highest BCUT2D eigenvalue weighted by Crippen LogP contribution is 2.31. The van der Waals surface area contributed by atoms with Crippen molar-refractivity contribution in [2.45, 2.75) is 25.3 Å². The fourth-order valence-corrected chi connectivity index (χ4v) is 4.37. The topological polar surface area (TPSA) is 120 Å². The second kappa shape index (κ2) is 8.02. The first-order valence-corrected chi connectivity index (χ1v) is 10.5. The van der Waals surface area contributed by atoms with Gasteiger partial charge in [0.15, 0.2) is 0 Å². The number of ether oxygens (including phenoxy) is 2. The molecule has 1 saturated heterocycles. The normalized spacial score (nSPS) is 17.2. The molecular formula is C21H19ClN6O4. The lowest BCUT2D eigenvalue weighted by Crippen LogP contribution is -2.28. The molecule has 4 aromatic rings. The summed E-state index contributed by atoms with van der Waals surface area (Å²) >= 11 is 6.29. The first-order valence-electron chi connectivity index (χ1n) is 10.1. The van der Waals surface area contributed by atoms with Crippen molar-refractivity contribution in [3.05, 3.63) is 45.3 Å². The van der Waals surface area contributed by atoms with E-state index in [1.807, 2.05) is 6.92 Å². The van der Waals surface area contributed by atoms with Gasteiger partial charge in [-0.25, -0.2) is 4.98 Å². The molecule has 3 aromatic heterocycles. The van der Waals surface area contributed by atoms with E-state index in [0.717, 1.165) is 6.42 Å². The third-order valence-corrected chi connectivity index (χ3v) is 6.00. The van der Waals surface area contributed by atoms with E-state index in [1.54, 1.807) is 23.6 Å². The lowest BCUT2D eigenvalue weighted by molar-refractivity contribution is 0.162. The highest BCUT2D eigenvalue weighted by atomic mass is 35.5. The zero-order valence-corrected chi connectivity index (χ0v) is 18.2. The Hall–Kier alpha value is -3.26. The Kier molecular flexibility index (Phi) is 5.17. The Morgan fingerprint density at radius 3 is 2.97 bits per heavy atom. The smallest absolute Gasteiger partial charge is 0.278 e. The average molecular weight is 455 g/mol. The van der Waals surface area contributed by atoms with E-state index in [0.29, 0.717) is 35.8 Å². The first-order chi connectivity index (χ1) is 15.5. The molecule has 0 bridgehead atoms. The third-order valence-electron chi connectivity index (χ3n) is 5.69. The van der Waals surface area contributed by atoms with E-state index < -0.39 is 0 Å². The van der Waals surface area contributed by atoms with E-state index in [-0.39, 0.29) is 46.1 Å². The molecule has 1 aliphatic rings. The maximum absolute atomic E-state index is 13.7. The van der Waals surface area contributed by atoms with E-state index in [2.05, 4.69) is 21.2 Å². The highest BCUT2D eigenvalue weighted by Gasteiger charge is 2.27. The zero-order valence-electron chi connectivity index (χ0n) is 17.4. The second-order valence-corrected chi connectivity index (χ2v) is 8.12. The van der Waals surface area contributed by atoms with Crippen molar-refractivity contribution in [2.24, 2.45) is 0 Å². The molecule has 0 amide bonds. The van der Waals surface area contributed by atoms with Crippen LogP contribution in [0, 0.1) is 11.3 Å². The molecule has 1 aromatic carbocycles. The van der Waals surface area contributed by atoms with Gasteiger partial charge in [-0.2, -0.15) is 10.2 Å². The fourth-order valence-electron chi connectivity index (χ4n) is 4.18. The predicted octanol–water partition coefficient (Wildman–Crippen LogP) is 2.94. The fraction of sp³-hybridized carbons (Fsp3) is 0.381. The van der Waals surface area contributed by atoms with Gasteiger partial charge in [-0.1, -0.05) is 16.8 Å². The summed E-state index contributed by atoms with van der Waals surface area (Å²) in [6.07, 6.45) is 2.32. The number of halogens is 1. The maximum Gasteiger partial charge on any atom is 0.278 e. The molecule has 1 fully saturated rings. The first kappa shape index (κ1) is 20.6. The lowest BCUT2D eigenvalue weighted by atomic mass is 10.1. The van der Waals surface area contributed by atoms with Gasteiger partial charge in [0.2, 0.25) is 11.7 Å². The van der Waals surface area contributed by atoms with Crippen molar-refractivity contribution in [3.63, 3.8) is 0 Å². The number of nitrogens with zero attached hydrogens (tertiary/aromatic N) is 6. The molecular weight excluding hydrogens is 436 g/mol. The molecule has 32 heavy (non-hydrogen) atoms. The summed E-state index contributed by atoms with van der Waals surface area (Å²) in [5.41, 5.74) is 1.46. The predicted molar refractivity (Wildman–Crippen MR) is 115 cm³/mol. The van der Waals surface area contributed by atoms with Gasteiger partial charge in [-0.05, 0) is 25.5 Å². The molecule has 0 N–H and O–H groups in total. The number of hydrogen-bond acceptors (Lipinski definition) is 8. The monoisotopic (exact) mass is 454 g/mol. The molecule has 2 atom stereocenters. The largest absolute Gasteiger partial charge is 0.383 e. The van der Waals surface area contributed by atoms with Crippen LogP contribution in [0.1, 0.15) is 36.8 Å². The lowest BCUT2D eigenvalue weighted by Gasteiger charge is -2.19. The summed E-state index contributed by atoms with van der Waals surface area (Å²) in [5, 5.41) is 14.1. The van der Waals surface area contributed by atoms with E-state index in [1.165, 1.54) is 10.9 Å². The Morgan fingerprint density at radius 1 is 1.41 bits per heavy atom. The van der Waals surface area contributed by atoms with Crippen molar-refractivity contribution < 1.29 is 14.0 Å². The van der Waals surface area contributed by atoms with Crippen molar-refractivity contribution in [1.29, 1.82) is 5.26 Å². The van der Waals surface area contributed by atoms with Crippen molar-refractivity contribution in [3.8, 4) is 17.6 Å². The van der Waals surface area contributed by atoms with E-state index in [9.17, 15) is 10.1 Å². The molecule has 11 heteroatoms. The Bertz CT molecular complexity index is 1430. The molecule has 164 valence electrons.